The molecule has 1 saturated heterocycles. The molecule has 19 heteroatoms. The zero-order valence-corrected chi connectivity index (χ0v) is 40.6. The number of hydrogen-bond acceptors (Lipinski definition) is 14. The van der Waals surface area contributed by atoms with Gasteiger partial charge in [0.15, 0.2) is 6.10 Å². The second kappa shape index (κ2) is 34.6. The molecular weight excluding hydrogens is 898 g/mol. The molecule has 2 rings (SSSR count). The molecule has 378 valence electrons. The Morgan fingerprint density at radius 3 is 1.64 bits per heavy atom. The van der Waals surface area contributed by atoms with Crippen molar-refractivity contribution in [3.05, 3.63) is 72.9 Å². The number of unbranched alkanes of at least 4 members (excludes halogenated alkanes) is 8. The number of phosphoric ester groups is 2. The monoisotopic (exact) mass is 976 g/mol. The molecule has 10 atom stereocenters. The van der Waals surface area contributed by atoms with Crippen LogP contribution >= 0.6 is 15.6 Å². The number of carbonyl (C=O) groups is 2. The number of epoxide rings is 1. The maximum Gasteiger partial charge on any atom is 0.472 e. The first kappa shape index (κ1) is 59.5. The topological polar surface area (TPSA) is 269 Å². The minimum Gasteiger partial charge on any atom is -0.462 e. The Labute approximate surface area is 391 Å². The zero-order valence-electron chi connectivity index (χ0n) is 38.8. The number of aliphatic hydroxyl groups excluding tert-OH is 4. The van der Waals surface area contributed by atoms with E-state index >= 15 is 0 Å². The Balaban J connectivity index is 1.83. The number of hydrogen-bond donors (Lipinski definition) is 7. The first-order valence-corrected chi connectivity index (χ1v) is 26.6. The van der Waals surface area contributed by atoms with Crippen LogP contribution < -0.4 is 0 Å². The van der Waals surface area contributed by atoms with Crippen LogP contribution in [0.25, 0.3) is 0 Å². The van der Waals surface area contributed by atoms with Gasteiger partial charge in [-0.2, -0.15) is 0 Å². The van der Waals surface area contributed by atoms with E-state index in [0.717, 1.165) is 51.4 Å². The summed E-state index contributed by atoms with van der Waals surface area (Å²) in [4.78, 5) is 54.2. The van der Waals surface area contributed by atoms with Gasteiger partial charge >= 0.3 is 27.6 Å². The summed E-state index contributed by atoms with van der Waals surface area (Å²) in [5, 5.41) is 41.2. The Morgan fingerprint density at radius 1 is 0.561 bits per heavy atom. The van der Waals surface area contributed by atoms with E-state index in [1.165, 1.54) is 38.5 Å². The third-order valence-corrected chi connectivity index (χ3v) is 12.2. The fourth-order valence-corrected chi connectivity index (χ4v) is 8.42. The van der Waals surface area contributed by atoms with E-state index in [1.54, 1.807) is 0 Å². The SMILES string of the molecule is CCCCC/C=C\C/C=C\C/C=C\CCCCC(=O)O[C@H](COC(=O)CCC/C=C\C/C=C\C/C=C\CC1OC1CCCCC)COP(=O)(O)O[C@H]1C(O)C(O)C(O)[C@@H](OP(=O)(O)O)C1O. The van der Waals surface area contributed by atoms with Gasteiger partial charge in [0.1, 0.15) is 43.2 Å². The van der Waals surface area contributed by atoms with Crippen molar-refractivity contribution in [1.29, 1.82) is 0 Å². The summed E-state index contributed by atoms with van der Waals surface area (Å²) in [6.07, 6.45) is 27.6. The summed E-state index contributed by atoms with van der Waals surface area (Å²) in [7, 11) is -10.7. The number of aliphatic hydroxyl groups is 4. The van der Waals surface area contributed by atoms with Gasteiger partial charge in [0.25, 0.3) is 0 Å². The number of allylic oxidation sites excluding steroid dienone is 11. The van der Waals surface area contributed by atoms with Crippen molar-refractivity contribution in [2.75, 3.05) is 13.2 Å². The number of rotatable bonds is 37. The highest BCUT2D eigenvalue weighted by molar-refractivity contribution is 7.47. The van der Waals surface area contributed by atoms with Crippen molar-refractivity contribution in [2.24, 2.45) is 0 Å². The minimum atomic E-state index is -5.38. The summed E-state index contributed by atoms with van der Waals surface area (Å²) in [5.74, 6) is -1.33. The molecule has 7 N–H and O–H groups in total. The lowest BCUT2D eigenvalue weighted by molar-refractivity contribution is -0.216. The molecule has 0 spiro atoms. The van der Waals surface area contributed by atoms with Crippen LogP contribution in [0.15, 0.2) is 72.9 Å². The van der Waals surface area contributed by atoms with E-state index in [9.17, 15) is 53.8 Å². The highest BCUT2D eigenvalue weighted by Crippen LogP contribution is 2.49. The van der Waals surface area contributed by atoms with Gasteiger partial charge < -0.3 is 49.3 Å². The average molecular weight is 977 g/mol. The van der Waals surface area contributed by atoms with Crippen LogP contribution in [0.4, 0.5) is 0 Å². The smallest absolute Gasteiger partial charge is 0.462 e. The Hall–Kier alpha value is -2.60. The van der Waals surface area contributed by atoms with Gasteiger partial charge in [-0.3, -0.25) is 23.2 Å². The van der Waals surface area contributed by atoms with Crippen LogP contribution in [0.5, 0.6) is 0 Å². The third-order valence-electron chi connectivity index (χ3n) is 10.7. The third kappa shape index (κ3) is 28.0. The van der Waals surface area contributed by atoms with Crippen molar-refractivity contribution < 1.29 is 81.6 Å². The molecule has 0 aromatic rings. The van der Waals surface area contributed by atoms with E-state index in [-0.39, 0.29) is 12.8 Å². The molecule has 7 unspecified atom stereocenters. The number of carbonyl (C=O) groups excluding carboxylic acids is 2. The maximum absolute atomic E-state index is 13.0. The largest absolute Gasteiger partial charge is 0.472 e. The standard InChI is InChI=1S/C47H78O17P2/c1-3-5-7-8-9-10-11-12-13-14-15-20-23-26-30-34-41(49)61-37(36-60-66(57,58)64-47-44(52)42(50)43(51)46(45(47)53)63-65(54,55)56)35-59-40(48)33-29-25-22-19-17-16-18-21-24-28-32-39-38(62-39)31-27-6-4-2/h9-10,12-13,15-16,18-20,22,24,28,37-39,42-47,50-53H,3-8,11,14,17,21,23,25-27,29-36H2,1-2H3,(H,57,58)(H2,54,55,56)/b10-9-,13-12-,18-16-,20-15-,22-19-,28-24-/t37-,38?,39?,42?,43?,44?,45?,46-,47+/m1/s1. The molecule has 0 aromatic carbocycles. The maximum atomic E-state index is 13.0. The molecule has 2 aliphatic rings. The Bertz CT molecular complexity index is 1620. The second-order valence-corrected chi connectivity index (χ2v) is 19.1. The van der Waals surface area contributed by atoms with E-state index in [0.29, 0.717) is 37.9 Å². The number of esters is 2. The highest BCUT2D eigenvalue weighted by Gasteiger charge is 2.54. The summed E-state index contributed by atoms with van der Waals surface area (Å²) in [5.41, 5.74) is 0. The predicted octanol–water partition coefficient (Wildman–Crippen LogP) is 7.83. The highest BCUT2D eigenvalue weighted by atomic mass is 31.2. The van der Waals surface area contributed by atoms with Crippen LogP contribution in [0.3, 0.4) is 0 Å². The van der Waals surface area contributed by atoms with Crippen molar-refractivity contribution >= 4 is 27.6 Å². The van der Waals surface area contributed by atoms with E-state index in [1.807, 2.05) is 24.3 Å². The average Bonchev–Trinajstić information content (AvgIpc) is 4.03. The quantitative estimate of drug-likeness (QED) is 0.0103. The van der Waals surface area contributed by atoms with Gasteiger partial charge in [-0.15, -0.1) is 0 Å². The molecule has 17 nitrogen and oxygen atoms in total. The van der Waals surface area contributed by atoms with Crippen molar-refractivity contribution in [3.63, 3.8) is 0 Å². The molecule has 1 heterocycles. The fraction of sp³-hybridized carbons (Fsp3) is 0.702. The molecule has 1 aliphatic carbocycles. The molecule has 0 radical (unpaired) electrons. The lowest BCUT2D eigenvalue weighted by atomic mass is 9.85. The van der Waals surface area contributed by atoms with Gasteiger partial charge in [0.2, 0.25) is 0 Å². The molecular formula is C47H78O17P2. The van der Waals surface area contributed by atoms with Crippen molar-refractivity contribution in [1.82, 2.24) is 0 Å². The second-order valence-electron chi connectivity index (χ2n) is 16.5. The molecule has 2 fully saturated rings. The number of ether oxygens (including phenoxy) is 3. The molecule has 1 saturated carbocycles. The fourth-order valence-electron chi connectivity index (χ4n) is 6.88. The van der Waals surface area contributed by atoms with Gasteiger partial charge in [-0.1, -0.05) is 119 Å². The summed E-state index contributed by atoms with van der Waals surface area (Å²) >= 11 is 0. The van der Waals surface area contributed by atoms with Gasteiger partial charge in [0.05, 0.1) is 18.8 Å². The zero-order chi connectivity index (χ0) is 48.6. The van der Waals surface area contributed by atoms with E-state index in [2.05, 4.69) is 67.0 Å². The van der Waals surface area contributed by atoms with Crippen LogP contribution in [0, 0.1) is 0 Å². The van der Waals surface area contributed by atoms with Crippen molar-refractivity contribution in [3.8, 4) is 0 Å². The first-order valence-electron chi connectivity index (χ1n) is 23.6. The van der Waals surface area contributed by atoms with Crippen LogP contribution in [0.2, 0.25) is 0 Å². The lowest BCUT2D eigenvalue weighted by Crippen LogP contribution is -2.64. The Kier molecular flexibility index (Phi) is 31.2. The predicted molar refractivity (Wildman–Crippen MR) is 250 cm³/mol. The number of phosphoric acid groups is 2. The van der Waals surface area contributed by atoms with Crippen LogP contribution in [-0.4, -0.2) is 115 Å². The summed E-state index contributed by atoms with van der Waals surface area (Å²) in [6, 6.07) is 0. The van der Waals surface area contributed by atoms with Crippen molar-refractivity contribution in [2.45, 2.75) is 197 Å². The molecule has 0 bridgehead atoms. The van der Waals surface area contributed by atoms with Gasteiger partial charge in [-0.25, -0.2) is 9.13 Å². The summed E-state index contributed by atoms with van der Waals surface area (Å²) in [6.45, 7) is 2.95. The lowest BCUT2D eigenvalue weighted by Gasteiger charge is -2.43. The van der Waals surface area contributed by atoms with E-state index in [4.69, 9.17) is 23.3 Å². The van der Waals surface area contributed by atoms with Gasteiger partial charge in [-0.05, 0) is 83.5 Å². The van der Waals surface area contributed by atoms with Crippen LogP contribution in [0.1, 0.15) is 142 Å². The Morgan fingerprint density at radius 2 is 1.06 bits per heavy atom. The normalized spacial score (nSPS) is 25.2. The minimum absolute atomic E-state index is 0.0224. The van der Waals surface area contributed by atoms with Crippen LogP contribution in [-0.2, 0) is 46.5 Å². The first-order chi connectivity index (χ1) is 31.6. The van der Waals surface area contributed by atoms with E-state index < -0.39 is 83.5 Å². The molecule has 0 amide bonds. The summed E-state index contributed by atoms with van der Waals surface area (Å²) < 4.78 is 55.0. The molecule has 66 heavy (non-hydrogen) atoms. The molecule has 1 aliphatic heterocycles. The van der Waals surface area contributed by atoms with Gasteiger partial charge in [0, 0.05) is 12.8 Å². The molecule has 0 aromatic heterocycles.